The third-order valence-electron chi connectivity index (χ3n) is 5.47. The number of pyridine rings is 1. The third kappa shape index (κ3) is 3.55. The fourth-order valence-corrected chi connectivity index (χ4v) is 3.84. The maximum absolute atomic E-state index is 12.6. The highest BCUT2D eigenvalue weighted by atomic mass is 16.5. The zero-order chi connectivity index (χ0) is 20.5. The molecule has 1 aliphatic heterocycles. The molecule has 2 aromatic carbocycles. The maximum atomic E-state index is 12.6. The molecule has 0 spiro atoms. The van der Waals surface area contributed by atoms with Gasteiger partial charge in [0.15, 0.2) is 6.61 Å². The largest absolute Gasteiger partial charge is 0.484 e. The fraction of sp³-hybridized carbons (Fsp3) is 0.217. The predicted molar refractivity (Wildman–Crippen MR) is 117 cm³/mol. The van der Waals surface area contributed by atoms with Gasteiger partial charge in [0.05, 0.1) is 11.3 Å². The number of rotatable bonds is 4. The van der Waals surface area contributed by atoms with Crippen LogP contribution in [0.5, 0.6) is 5.75 Å². The number of benzene rings is 2. The lowest BCUT2D eigenvalue weighted by Gasteiger charge is -2.27. The number of piperazine rings is 1. The number of aromatic amines is 2. The number of nitrogens with one attached hydrogen (secondary N) is 3. The molecule has 7 nitrogen and oxygen atoms in total. The molecule has 0 saturated carbocycles. The number of aromatic nitrogens is 2. The number of ether oxygens (including phenoxy) is 1. The zero-order valence-electron chi connectivity index (χ0n) is 16.4. The van der Waals surface area contributed by atoms with Gasteiger partial charge in [-0.15, -0.1) is 0 Å². The summed E-state index contributed by atoms with van der Waals surface area (Å²) in [6.07, 6.45) is 0. The summed E-state index contributed by atoms with van der Waals surface area (Å²) >= 11 is 0. The van der Waals surface area contributed by atoms with Gasteiger partial charge in [-0.1, -0.05) is 18.2 Å². The molecule has 2 aromatic heterocycles. The van der Waals surface area contributed by atoms with Crippen LogP contribution in [-0.2, 0) is 4.79 Å². The van der Waals surface area contributed by atoms with E-state index in [0.29, 0.717) is 24.4 Å². The van der Waals surface area contributed by atoms with Gasteiger partial charge in [-0.2, -0.15) is 0 Å². The first-order valence-corrected chi connectivity index (χ1v) is 10.0. The number of fused-ring (bicyclic) bond motifs is 2. The number of amides is 1. The lowest BCUT2D eigenvalue weighted by molar-refractivity contribution is -0.133. The van der Waals surface area contributed by atoms with E-state index in [4.69, 9.17) is 4.74 Å². The van der Waals surface area contributed by atoms with E-state index in [1.165, 1.54) is 0 Å². The van der Waals surface area contributed by atoms with Crippen molar-refractivity contribution in [3.05, 3.63) is 65.0 Å². The van der Waals surface area contributed by atoms with E-state index in [2.05, 4.69) is 15.3 Å². The topological polar surface area (TPSA) is 90.2 Å². The average molecular weight is 402 g/mol. The standard InChI is InChI=1S/C23H22N4O3/c28-22(27-9-7-24-8-10-27)14-30-17-5-6-20-16(11-17)13-21(25-20)18-12-15-3-1-2-4-19(15)26-23(18)29/h1-6,11-13,24-25H,7-10,14H2,(H,26,29). The van der Waals surface area contributed by atoms with Gasteiger partial charge >= 0.3 is 0 Å². The van der Waals surface area contributed by atoms with Crippen LogP contribution < -0.4 is 15.6 Å². The Morgan fingerprint density at radius 1 is 0.933 bits per heavy atom. The van der Waals surface area contributed by atoms with E-state index in [1.54, 1.807) is 0 Å². The highest BCUT2D eigenvalue weighted by Gasteiger charge is 2.16. The quantitative estimate of drug-likeness (QED) is 0.489. The second-order valence-corrected chi connectivity index (χ2v) is 7.45. The van der Waals surface area contributed by atoms with Crippen LogP contribution in [0.25, 0.3) is 33.1 Å². The SMILES string of the molecule is O=C(COc1ccc2[nH]c(-c3cc4ccccc4[nH]c3=O)cc2c1)N1CCNCC1. The average Bonchev–Trinajstić information content (AvgIpc) is 3.20. The van der Waals surface area contributed by atoms with Crippen molar-refractivity contribution in [2.45, 2.75) is 0 Å². The first-order chi connectivity index (χ1) is 14.7. The minimum atomic E-state index is -0.140. The van der Waals surface area contributed by atoms with Crippen molar-refractivity contribution in [1.82, 2.24) is 20.2 Å². The summed E-state index contributed by atoms with van der Waals surface area (Å²) in [6.45, 7) is 3.08. The molecular weight excluding hydrogens is 380 g/mol. The molecule has 0 atom stereocenters. The third-order valence-corrected chi connectivity index (χ3v) is 5.47. The van der Waals surface area contributed by atoms with Crippen LogP contribution in [0.2, 0.25) is 0 Å². The monoisotopic (exact) mass is 402 g/mol. The Balaban J connectivity index is 1.38. The molecule has 1 saturated heterocycles. The number of hydrogen-bond donors (Lipinski definition) is 3. The van der Waals surface area contributed by atoms with Gasteiger partial charge in [-0.05, 0) is 41.8 Å². The van der Waals surface area contributed by atoms with E-state index in [-0.39, 0.29) is 18.1 Å². The predicted octanol–water partition coefficient (Wildman–Crippen LogP) is 2.49. The highest BCUT2D eigenvalue weighted by Crippen LogP contribution is 2.27. The molecule has 0 bridgehead atoms. The maximum Gasteiger partial charge on any atom is 0.260 e. The summed E-state index contributed by atoms with van der Waals surface area (Å²) in [5.41, 5.74) is 2.90. The summed E-state index contributed by atoms with van der Waals surface area (Å²) in [4.78, 5) is 32.9. The van der Waals surface area contributed by atoms with Gasteiger partial charge in [-0.3, -0.25) is 9.59 Å². The van der Waals surface area contributed by atoms with Crippen molar-refractivity contribution in [2.75, 3.05) is 32.8 Å². The molecular formula is C23H22N4O3. The molecule has 3 heterocycles. The summed E-state index contributed by atoms with van der Waals surface area (Å²) < 4.78 is 5.73. The Labute approximate surface area is 172 Å². The van der Waals surface area contributed by atoms with E-state index in [9.17, 15) is 9.59 Å². The minimum absolute atomic E-state index is 0.00551. The van der Waals surface area contributed by atoms with Crippen LogP contribution in [0.4, 0.5) is 0 Å². The van der Waals surface area contributed by atoms with Gasteiger partial charge in [0, 0.05) is 42.6 Å². The van der Waals surface area contributed by atoms with Crippen molar-refractivity contribution in [1.29, 1.82) is 0 Å². The van der Waals surface area contributed by atoms with Gasteiger partial charge < -0.3 is 24.9 Å². The second-order valence-electron chi connectivity index (χ2n) is 7.45. The Bertz CT molecular complexity index is 1280. The van der Waals surface area contributed by atoms with Crippen LogP contribution >= 0.6 is 0 Å². The molecule has 30 heavy (non-hydrogen) atoms. The van der Waals surface area contributed by atoms with Gasteiger partial charge in [-0.25, -0.2) is 0 Å². The van der Waals surface area contributed by atoms with Crippen LogP contribution in [-0.4, -0.2) is 53.6 Å². The van der Waals surface area contributed by atoms with E-state index in [0.717, 1.165) is 40.6 Å². The Morgan fingerprint density at radius 3 is 2.60 bits per heavy atom. The molecule has 0 radical (unpaired) electrons. The molecule has 1 amide bonds. The van der Waals surface area contributed by atoms with Crippen molar-refractivity contribution >= 4 is 27.7 Å². The first kappa shape index (κ1) is 18.4. The summed E-state index contributed by atoms with van der Waals surface area (Å²) in [5.74, 6) is 0.623. The number of carbonyl (C=O) groups is 1. The molecule has 5 rings (SSSR count). The normalized spacial score (nSPS) is 14.3. The highest BCUT2D eigenvalue weighted by molar-refractivity contribution is 5.89. The van der Waals surface area contributed by atoms with Gasteiger partial charge in [0.2, 0.25) is 0 Å². The van der Waals surface area contributed by atoms with E-state index >= 15 is 0 Å². The molecule has 0 aliphatic carbocycles. The Morgan fingerprint density at radius 2 is 1.73 bits per heavy atom. The summed E-state index contributed by atoms with van der Waals surface area (Å²) in [7, 11) is 0. The molecule has 1 aliphatic rings. The smallest absolute Gasteiger partial charge is 0.260 e. The number of nitrogens with zero attached hydrogens (tertiary/aromatic N) is 1. The van der Waals surface area contributed by atoms with E-state index in [1.807, 2.05) is 59.5 Å². The van der Waals surface area contributed by atoms with Gasteiger partial charge in [0.1, 0.15) is 5.75 Å². The van der Waals surface area contributed by atoms with Crippen LogP contribution in [0, 0.1) is 0 Å². The second kappa shape index (κ2) is 7.68. The summed E-state index contributed by atoms with van der Waals surface area (Å²) in [6, 6.07) is 17.1. The van der Waals surface area contributed by atoms with Crippen molar-refractivity contribution < 1.29 is 9.53 Å². The van der Waals surface area contributed by atoms with E-state index < -0.39 is 0 Å². The molecule has 3 N–H and O–H groups in total. The Hall–Kier alpha value is -3.58. The summed E-state index contributed by atoms with van der Waals surface area (Å²) in [5, 5.41) is 5.12. The number of H-pyrrole nitrogens is 2. The van der Waals surface area contributed by atoms with Crippen molar-refractivity contribution in [3.8, 4) is 17.0 Å². The number of hydrogen-bond acceptors (Lipinski definition) is 4. The molecule has 0 unspecified atom stereocenters. The van der Waals surface area contributed by atoms with Crippen LogP contribution in [0.15, 0.2) is 59.4 Å². The number of carbonyl (C=O) groups excluding carboxylic acids is 1. The first-order valence-electron chi connectivity index (χ1n) is 10.0. The van der Waals surface area contributed by atoms with Gasteiger partial charge in [0.25, 0.3) is 11.5 Å². The molecule has 1 fully saturated rings. The lowest BCUT2D eigenvalue weighted by Crippen LogP contribution is -2.47. The fourth-order valence-electron chi connectivity index (χ4n) is 3.84. The van der Waals surface area contributed by atoms with Crippen LogP contribution in [0.3, 0.4) is 0 Å². The molecule has 152 valence electrons. The lowest BCUT2D eigenvalue weighted by atomic mass is 10.1. The zero-order valence-corrected chi connectivity index (χ0v) is 16.4. The minimum Gasteiger partial charge on any atom is -0.484 e. The van der Waals surface area contributed by atoms with Crippen LogP contribution in [0.1, 0.15) is 0 Å². The Kier molecular flexibility index (Phi) is 4.72. The molecule has 7 heteroatoms. The molecule has 4 aromatic rings. The van der Waals surface area contributed by atoms with Crippen molar-refractivity contribution in [3.63, 3.8) is 0 Å². The number of para-hydroxylation sites is 1. The van der Waals surface area contributed by atoms with Crippen molar-refractivity contribution in [2.24, 2.45) is 0 Å².